The Morgan fingerprint density at radius 1 is 0.425 bits per heavy atom. The second-order valence-electron chi connectivity index (χ2n) is 17.1. The van der Waals surface area contributed by atoms with Crippen LogP contribution < -0.4 is 5.32 Å². The number of ether oxygens (including phenoxy) is 10. The van der Waals surface area contributed by atoms with Gasteiger partial charge in [-0.15, -0.1) is 0 Å². The Morgan fingerprint density at radius 3 is 1.26 bits per heavy atom. The van der Waals surface area contributed by atoms with Crippen molar-refractivity contribution in [3.05, 3.63) is 215 Å². The van der Waals surface area contributed by atoms with E-state index in [1.807, 2.05) is 60.7 Å². The van der Waals surface area contributed by atoms with Crippen LogP contribution in [-0.2, 0) is 65.4 Å². The molecule has 0 spiro atoms. The van der Waals surface area contributed by atoms with Crippen molar-refractivity contribution in [1.82, 2.24) is 5.32 Å². The zero-order valence-corrected chi connectivity index (χ0v) is 40.0. The van der Waals surface area contributed by atoms with Crippen molar-refractivity contribution in [2.75, 3.05) is 20.3 Å². The van der Waals surface area contributed by atoms with E-state index in [1.165, 1.54) is 50.4 Å². The van der Waals surface area contributed by atoms with E-state index < -0.39 is 98.4 Å². The number of carbonyl (C=O) groups excluding carboxylic acids is 5. The molecule has 2 aliphatic heterocycles. The fourth-order valence-corrected chi connectivity index (χ4v) is 8.41. The number of carbonyl (C=O) groups is 5. The summed E-state index contributed by atoms with van der Waals surface area (Å²) in [5, 5.41) is 2.93. The largest absolute Gasteiger partial charge is 0.459 e. The van der Waals surface area contributed by atoms with Crippen molar-refractivity contribution in [2.45, 2.75) is 81.5 Å². The highest BCUT2D eigenvalue weighted by molar-refractivity contribution is 5.91. The van der Waals surface area contributed by atoms with E-state index in [4.69, 9.17) is 47.4 Å². The summed E-state index contributed by atoms with van der Waals surface area (Å²) >= 11 is 0. The fourth-order valence-electron chi connectivity index (χ4n) is 8.41. The first-order valence-corrected chi connectivity index (χ1v) is 23.7. The Labute approximate surface area is 422 Å². The molecule has 16 nitrogen and oxygen atoms in total. The number of hydrogen-bond acceptors (Lipinski definition) is 15. The van der Waals surface area contributed by atoms with Crippen molar-refractivity contribution in [3.8, 4) is 0 Å². The molecule has 6 aromatic carbocycles. The standard InChI is InChI=1S/C57H55NO15/c1-37(59)58-46-49(66-34-39-23-11-4-12-24-39)47(65-33-38-21-9-3-10-22-38)44(69-56(46)64-2)36-68-57-51(73-55(63)43-31-19-8-20-32-43)50(72-54(62)42-29-17-7-18-30-42)48(71-53(61)41-27-15-6-16-28-41)45(70-57)35-67-52(60)40-25-13-5-14-26-40/h3-32,44-51,56-57H,33-36H2,1-2H3,(H,58,59)/t44-,45-,46-,47-,48-,49-,50+,51-,56+,57+/m1/s1. The van der Waals surface area contributed by atoms with Gasteiger partial charge in [0.1, 0.15) is 37.1 Å². The van der Waals surface area contributed by atoms with Gasteiger partial charge in [0.05, 0.1) is 42.1 Å². The van der Waals surface area contributed by atoms with E-state index in [9.17, 15) is 24.0 Å². The van der Waals surface area contributed by atoms with Crippen molar-refractivity contribution < 1.29 is 71.3 Å². The molecule has 6 aromatic rings. The van der Waals surface area contributed by atoms with Gasteiger partial charge < -0.3 is 52.7 Å². The predicted octanol–water partition coefficient (Wildman–Crippen LogP) is 7.31. The molecule has 0 aromatic heterocycles. The predicted molar refractivity (Wildman–Crippen MR) is 262 cm³/mol. The number of nitrogens with one attached hydrogen (secondary N) is 1. The highest BCUT2D eigenvalue weighted by atomic mass is 16.7. The van der Waals surface area contributed by atoms with Gasteiger partial charge in [0.2, 0.25) is 5.91 Å². The summed E-state index contributed by atoms with van der Waals surface area (Å²) in [7, 11) is 1.42. The summed E-state index contributed by atoms with van der Waals surface area (Å²) in [4.78, 5) is 68.8. The molecule has 378 valence electrons. The molecule has 0 saturated carbocycles. The van der Waals surface area contributed by atoms with E-state index in [-0.39, 0.29) is 41.4 Å². The van der Waals surface area contributed by atoms with E-state index in [0.717, 1.165) is 11.1 Å². The molecule has 2 saturated heterocycles. The van der Waals surface area contributed by atoms with Gasteiger partial charge >= 0.3 is 23.9 Å². The van der Waals surface area contributed by atoms with Gasteiger partial charge in [0, 0.05) is 14.0 Å². The molecule has 8 rings (SSSR count). The van der Waals surface area contributed by atoms with Crippen LogP contribution in [0.4, 0.5) is 0 Å². The summed E-state index contributed by atoms with van der Waals surface area (Å²) in [6.07, 6.45) is -12.1. The molecular formula is C57H55NO15. The summed E-state index contributed by atoms with van der Waals surface area (Å²) < 4.78 is 63.6. The first-order chi connectivity index (χ1) is 35.6. The molecule has 2 aliphatic rings. The third-order valence-corrected chi connectivity index (χ3v) is 12.0. The van der Waals surface area contributed by atoms with Crippen molar-refractivity contribution in [1.29, 1.82) is 0 Å². The lowest BCUT2D eigenvalue weighted by molar-refractivity contribution is -0.322. The Balaban J connectivity index is 1.19. The average molecular weight is 994 g/mol. The molecule has 0 radical (unpaired) electrons. The molecule has 0 unspecified atom stereocenters. The Bertz CT molecular complexity index is 2700. The van der Waals surface area contributed by atoms with Gasteiger partial charge in [-0.2, -0.15) is 0 Å². The smallest absolute Gasteiger partial charge is 0.338 e. The van der Waals surface area contributed by atoms with Crippen molar-refractivity contribution in [3.63, 3.8) is 0 Å². The number of rotatable bonds is 20. The third-order valence-electron chi connectivity index (χ3n) is 12.0. The molecular weight excluding hydrogens is 939 g/mol. The van der Waals surface area contributed by atoms with Crippen LogP contribution >= 0.6 is 0 Å². The maximum atomic E-state index is 14.2. The van der Waals surface area contributed by atoms with Crippen LogP contribution in [0.1, 0.15) is 59.5 Å². The Hall–Kier alpha value is -7.57. The van der Waals surface area contributed by atoms with Gasteiger partial charge in [0.15, 0.2) is 30.9 Å². The minimum Gasteiger partial charge on any atom is -0.459 e. The maximum absolute atomic E-state index is 14.2. The lowest BCUT2D eigenvalue weighted by atomic mass is 9.95. The van der Waals surface area contributed by atoms with E-state index in [1.54, 1.807) is 84.9 Å². The van der Waals surface area contributed by atoms with E-state index in [0.29, 0.717) is 0 Å². The quantitative estimate of drug-likeness (QED) is 0.0592. The van der Waals surface area contributed by atoms with Crippen LogP contribution in [-0.4, -0.2) is 111 Å². The molecule has 0 aliphatic carbocycles. The number of benzene rings is 6. The first kappa shape index (κ1) is 51.8. The van der Waals surface area contributed by atoms with Crippen LogP contribution in [0.3, 0.4) is 0 Å². The Kier molecular flexibility index (Phi) is 18.2. The van der Waals surface area contributed by atoms with Gasteiger partial charge in [-0.1, -0.05) is 133 Å². The van der Waals surface area contributed by atoms with Gasteiger partial charge in [0.25, 0.3) is 0 Å². The SMILES string of the molecule is CO[C@H]1O[C@H](CO[C@H]2O[C@H](COC(=O)c3ccccc3)[C@@H](OC(=O)c3ccccc3)[C@H](OC(=O)c3ccccc3)[C@H]2OC(=O)c2ccccc2)[C@@H](OCc2ccccc2)[C@H](OCc2ccccc2)[C@H]1NC(C)=O. The zero-order chi connectivity index (χ0) is 50.9. The minimum absolute atomic E-state index is 0.0824. The van der Waals surface area contributed by atoms with E-state index >= 15 is 0 Å². The molecule has 10 atom stereocenters. The summed E-state index contributed by atoms with van der Waals surface area (Å²) in [6.45, 7) is 0.597. The monoisotopic (exact) mass is 993 g/mol. The third kappa shape index (κ3) is 13.9. The molecule has 2 fully saturated rings. The lowest BCUT2D eigenvalue weighted by Gasteiger charge is -2.47. The van der Waals surface area contributed by atoms with Gasteiger partial charge in [-0.05, 0) is 59.7 Å². The van der Waals surface area contributed by atoms with Crippen molar-refractivity contribution >= 4 is 29.8 Å². The summed E-state index contributed by atoms with van der Waals surface area (Å²) in [5.74, 6) is -3.70. The molecule has 2 heterocycles. The summed E-state index contributed by atoms with van der Waals surface area (Å²) in [6, 6.07) is 50.3. The summed E-state index contributed by atoms with van der Waals surface area (Å²) in [5.41, 5.74) is 2.27. The van der Waals surface area contributed by atoms with E-state index in [2.05, 4.69) is 5.32 Å². The molecule has 1 amide bonds. The van der Waals surface area contributed by atoms with Crippen LogP contribution in [0.25, 0.3) is 0 Å². The first-order valence-electron chi connectivity index (χ1n) is 23.7. The topological polar surface area (TPSA) is 190 Å². The molecule has 1 N–H and O–H groups in total. The van der Waals surface area contributed by atoms with Gasteiger partial charge in [-0.25, -0.2) is 19.2 Å². The normalized spacial score (nSPS) is 23.5. The van der Waals surface area contributed by atoms with Crippen LogP contribution in [0.2, 0.25) is 0 Å². The second-order valence-corrected chi connectivity index (χ2v) is 17.1. The van der Waals surface area contributed by atoms with Crippen LogP contribution in [0.15, 0.2) is 182 Å². The highest BCUT2D eigenvalue weighted by Crippen LogP contribution is 2.34. The van der Waals surface area contributed by atoms with Crippen LogP contribution in [0, 0.1) is 0 Å². The number of esters is 4. The zero-order valence-electron chi connectivity index (χ0n) is 40.0. The number of amides is 1. The lowest BCUT2D eigenvalue weighted by Crippen LogP contribution is -2.66. The Morgan fingerprint density at radius 2 is 0.808 bits per heavy atom. The maximum Gasteiger partial charge on any atom is 0.338 e. The minimum atomic E-state index is -1.68. The molecule has 0 bridgehead atoms. The average Bonchev–Trinajstić information content (AvgIpc) is 3.43. The fraction of sp³-hybridized carbons (Fsp3) is 0.281. The van der Waals surface area contributed by atoms with Crippen molar-refractivity contribution in [2.24, 2.45) is 0 Å². The van der Waals surface area contributed by atoms with Gasteiger partial charge in [-0.3, -0.25) is 4.79 Å². The number of hydrogen-bond donors (Lipinski definition) is 1. The molecule has 73 heavy (non-hydrogen) atoms. The second kappa shape index (κ2) is 25.7. The molecule has 16 heteroatoms. The highest BCUT2D eigenvalue weighted by Gasteiger charge is 2.55. The number of methoxy groups -OCH3 is 1. The van der Waals surface area contributed by atoms with Crippen LogP contribution in [0.5, 0.6) is 0 Å².